The van der Waals surface area contributed by atoms with Crippen LogP contribution in [0.25, 0.3) is 10.2 Å². The number of thioether (sulfide) groups is 1. The van der Waals surface area contributed by atoms with E-state index in [2.05, 4.69) is 27.1 Å². The molecule has 1 atom stereocenters. The highest BCUT2D eigenvalue weighted by molar-refractivity contribution is 8.00. The van der Waals surface area contributed by atoms with E-state index >= 15 is 0 Å². The van der Waals surface area contributed by atoms with E-state index in [9.17, 15) is 9.18 Å². The van der Waals surface area contributed by atoms with Crippen LogP contribution < -0.4 is 10.1 Å². The molecule has 32 heavy (non-hydrogen) atoms. The summed E-state index contributed by atoms with van der Waals surface area (Å²) in [7, 11) is 0. The van der Waals surface area contributed by atoms with Crippen LogP contribution in [0.2, 0.25) is 0 Å². The molecule has 0 radical (unpaired) electrons. The highest BCUT2D eigenvalue weighted by atomic mass is 32.2. The first-order chi connectivity index (χ1) is 15.5. The van der Waals surface area contributed by atoms with E-state index in [4.69, 9.17) is 4.74 Å². The van der Waals surface area contributed by atoms with Crippen LogP contribution in [0.3, 0.4) is 0 Å². The molecule has 0 aliphatic rings. The molecule has 0 aliphatic heterocycles. The average Bonchev–Trinajstić information content (AvgIpc) is 3.37. The Morgan fingerprint density at radius 3 is 2.84 bits per heavy atom. The zero-order valence-corrected chi connectivity index (χ0v) is 18.8. The van der Waals surface area contributed by atoms with Crippen molar-refractivity contribution in [3.05, 3.63) is 72.8 Å². The second-order valence-corrected chi connectivity index (χ2v) is 9.09. The van der Waals surface area contributed by atoms with Crippen LogP contribution in [0, 0.1) is 5.82 Å². The standard InChI is InChI=1S/C22H20FN5O2S2/c1-3-12-28-19(13-30-17-10-6-4-8-15(17)23)26-27-22(28)31-14(2)20(29)25-21-24-16-9-5-7-11-18(16)32-21/h3-11,14H,1,12-13H2,2H3,(H,24,25,29). The Balaban J connectivity index is 1.43. The Morgan fingerprint density at radius 2 is 2.06 bits per heavy atom. The predicted octanol–water partition coefficient (Wildman–Crippen LogP) is 4.91. The van der Waals surface area contributed by atoms with Gasteiger partial charge in [-0.2, -0.15) is 0 Å². The second-order valence-electron chi connectivity index (χ2n) is 6.75. The summed E-state index contributed by atoms with van der Waals surface area (Å²) >= 11 is 2.69. The van der Waals surface area contributed by atoms with E-state index in [0.29, 0.717) is 22.7 Å². The van der Waals surface area contributed by atoms with Gasteiger partial charge < -0.3 is 10.1 Å². The third-order valence-corrected chi connectivity index (χ3v) is 6.51. The number of hydrogen-bond donors (Lipinski definition) is 1. The summed E-state index contributed by atoms with van der Waals surface area (Å²) in [4.78, 5) is 17.1. The van der Waals surface area contributed by atoms with E-state index in [1.165, 1.54) is 29.2 Å². The molecule has 4 aromatic rings. The lowest BCUT2D eigenvalue weighted by Crippen LogP contribution is -2.23. The summed E-state index contributed by atoms with van der Waals surface area (Å²) in [5, 5.41) is 11.9. The molecule has 1 amide bonds. The molecule has 2 heterocycles. The van der Waals surface area contributed by atoms with E-state index in [1.54, 1.807) is 35.8 Å². The maximum atomic E-state index is 13.8. The fourth-order valence-corrected chi connectivity index (χ4v) is 4.62. The Bertz CT molecular complexity index is 1220. The van der Waals surface area contributed by atoms with Gasteiger partial charge in [0.1, 0.15) is 6.61 Å². The van der Waals surface area contributed by atoms with E-state index in [-0.39, 0.29) is 18.3 Å². The first-order valence-electron chi connectivity index (χ1n) is 9.78. The molecule has 2 aromatic heterocycles. The fourth-order valence-electron chi connectivity index (χ4n) is 2.87. The van der Waals surface area contributed by atoms with Gasteiger partial charge in [-0.05, 0) is 31.2 Å². The highest BCUT2D eigenvalue weighted by Gasteiger charge is 2.21. The van der Waals surface area contributed by atoms with Crippen LogP contribution in [0.1, 0.15) is 12.7 Å². The minimum atomic E-state index is -0.449. The lowest BCUT2D eigenvalue weighted by molar-refractivity contribution is -0.115. The van der Waals surface area contributed by atoms with Gasteiger partial charge in [0.05, 0.1) is 15.5 Å². The molecule has 0 fully saturated rings. The number of ether oxygens (including phenoxy) is 1. The predicted molar refractivity (Wildman–Crippen MR) is 125 cm³/mol. The Hall–Kier alpha value is -3.24. The SMILES string of the molecule is C=CCn1c(COc2ccccc2F)nnc1SC(C)C(=O)Nc1nc2ccccc2s1. The number of benzene rings is 2. The minimum Gasteiger partial charge on any atom is -0.483 e. The van der Waals surface area contributed by atoms with Gasteiger partial charge in [0.2, 0.25) is 5.91 Å². The molecular formula is C22H20FN5O2S2. The van der Waals surface area contributed by atoms with Crippen molar-refractivity contribution in [1.29, 1.82) is 0 Å². The number of carbonyl (C=O) groups is 1. The number of anilines is 1. The Morgan fingerprint density at radius 1 is 1.28 bits per heavy atom. The topological polar surface area (TPSA) is 81.9 Å². The van der Waals surface area contributed by atoms with Gasteiger partial charge in [-0.15, -0.1) is 16.8 Å². The molecule has 1 N–H and O–H groups in total. The third kappa shape index (κ3) is 4.97. The van der Waals surface area contributed by atoms with Gasteiger partial charge in [0, 0.05) is 6.54 Å². The molecule has 164 valence electrons. The van der Waals surface area contributed by atoms with Crippen molar-refractivity contribution in [2.24, 2.45) is 0 Å². The van der Waals surface area contributed by atoms with Gasteiger partial charge in [-0.1, -0.05) is 53.4 Å². The second kappa shape index (κ2) is 9.92. The largest absolute Gasteiger partial charge is 0.483 e. The number of aromatic nitrogens is 4. The molecule has 4 rings (SSSR count). The molecule has 1 unspecified atom stereocenters. The number of nitrogens with one attached hydrogen (secondary N) is 1. The van der Waals surface area contributed by atoms with Crippen LogP contribution in [-0.4, -0.2) is 30.9 Å². The van der Waals surface area contributed by atoms with Gasteiger partial charge in [-0.25, -0.2) is 9.37 Å². The number of allylic oxidation sites excluding steroid dienone is 1. The molecule has 0 saturated heterocycles. The number of thiazole rings is 1. The lowest BCUT2D eigenvalue weighted by Gasteiger charge is -2.12. The first-order valence-corrected chi connectivity index (χ1v) is 11.5. The van der Waals surface area contributed by atoms with E-state index in [1.807, 2.05) is 24.3 Å². The molecule has 10 heteroatoms. The van der Waals surface area contributed by atoms with Crippen LogP contribution in [0.15, 0.2) is 66.3 Å². The number of para-hydroxylation sites is 2. The van der Waals surface area contributed by atoms with Crippen molar-refractivity contribution in [3.63, 3.8) is 0 Å². The number of nitrogens with zero attached hydrogens (tertiary/aromatic N) is 4. The quantitative estimate of drug-likeness (QED) is 0.277. The van der Waals surface area contributed by atoms with Crippen molar-refractivity contribution in [2.75, 3.05) is 5.32 Å². The molecule has 0 saturated carbocycles. The van der Waals surface area contributed by atoms with Gasteiger partial charge in [0.25, 0.3) is 0 Å². The monoisotopic (exact) mass is 469 g/mol. The number of rotatable bonds is 9. The van der Waals surface area contributed by atoms with Crippen molar-refractivity contribution in [1.82, 2.24) is 19.7 Å². The molecule has 2 aromatic carbocycles. The van der Waals surface area contributed by atoms with Crippen LogP contribution in [0.4, 0.5) is 9.52 Å². The number of fused-ring (bicyclic) bond motifs is 1. The van der Waals surface area contributed by atoms with E-state index < -0.39 is 11.1 Å². The minimum absolute atomic E-state index is 0.0363. The third-order valence-electron chi connectivity index (χ3n) is 4.47. The normalized spacial score (nSPS) is 11.9. The zero-order valence-electron chi connectivity index (χ0n) is 17.2. The summed E-state index contributed by atoms with van der Waals surface area (Å²) in [5.41, 5.74) is 0.846. The Labute approximate surface area is 192 Å². The Kier molecular flexibility index (Phi) is 6.81. The van der Waals surface area contributed by atoms with Crippen LogP contribution in [0.5, 0.6) is 5.75 Å². The molecule has 7 nitrogen and oxygen atoms in total. The van der Waals surface area contributed by atoms with Crippen LogP contribution in [-0.2, 0) is 17.9 Å². The number of carbonyl (C=O) groups excluding carboxylic acids is 1. The zero-order chi connectivity index (χ0) is 22.5. The summed E-state index contributed by atoms with van der Waals surface area (Å²) in [6.07, 6.45) is 1.70. The molecule has 0 spiro atoms. The van der Waals surface area contributed by atoms with Crippen LogP contribution >= 0.6 is 23.1 Å². The van der Waals surface area contributed by atoms with Crippen molar-refractivity contribution < 1.29 is 13.9 Å². The van der Waals surface area contributed by atoms with E-state index in [0.717, 1.165) is 10.2 Å². The van der Waals surface area contributed by atoms with Gasteiger partial charge >= 0.3 is 0 Å². The fraction of sp³-hybridized carbons (Fsp3) is 0.182. The van der Waals surface area contributed by atoms with Crippen molar-refractivity contribution in [3.8, 4) is 5.75 Å². The highest BCUT2D eigenvalue weighted by Crippen LogP contribution is 2.28. The van der Waals surface area contributed by atoms with Gasteiger partial charge in [-0.3, -0.25) is 9.36 Å². The molecule has 0 aliphatic carbocycles. The summed E-state index contributed by atoms with van der Waals surface area (Å²) in [5.74, 6) is 0.0104. The van der Waals surface area contributed by atoms with Crippen molar-refractivity contribution in [2.45, 2.75) is 30.5 Å². The smallest absolute Gasteiger partial charge is 0.239 e. The maximum absolute atomic E-state index is 13.8. The summed E-state index contributed by atoms with van der Waals surface area (Å²) in [6, 6.07) is 13.9. The van der Waals surface area contributed by atoms with Gasteiger partial charge in [0.15, 0.2) is 27.7 Å². The molecular weight excluding hydrogens is 449 g/mol. The number of hydrogen-bond acceptors (Lipinski definition) is 7. The lowest BCUT2D eigenvalue weighted by atomic mass is 10.3. The number of amides is 1. The number of halogens is 1. The summed E-state index contributed by atoms with van der Waals surface area (Å²) < 4.78 is 22.2. The molecule has 0 bridgehead atoms. The summed E-state index contributed by atoms with van der Waals surface area (Å²) in [6.45, 7) is 6.02. The average molecular weight is 470 g/mol. The first kappa shape index (κ1) is 22.0. The van der Waals surface area contributed by atoms with Crippen molar-refractivity contribution >= 4 is 44.4 Å². The maximum Gasteiger partial charge on any atom is 0.239 e.